The molecule has 0 atom stereocenters. The van der Waals surface area contributed by atoms with Crippen molar-refractivity contribution in [2.45, 2.75) is 0 Å². The Labute approximate surface area is 97.9 Å². The Hall–Kier alpha value is -2.14. The number of nitrogens with one attached hydrogen (secondary N) is 1. The third kappa shape index (κ3) is 2.05. The summed E-state index contributed by atoms with van der Waals surface area (Å²) in [6.07, 6.45) is 1.58. The van der Waals surface area contributed by atoms with Crippen molar-refractivity contribution >= 4 is 16.8 Å². The van der Waals surface area contributed by atoms with Crippen molar-refractivity contribution in [2.75, 3.05) is 13.7 Å². The predicted octanol–water partition coefficient (Wildman–Crippen LogP) is 0.516. The fourth-order valence-electron chi connectivity index (χ4n) is 1.61. The Morgan fingerprint density at radius 1 is 1.41 bits per heavy atom. The number of carbonyl (C=O) groups excluding carboxylic acids is 1. The first-order chi connectivity index (χ1) is 8.13. The van der Waals surface area contributed by atoms with Gasteiger partial charge in [-0.2, -0.15) is 0 Å². The third-order valence-corrected chi connectivity index (χ3v) is 2.63. The Morgan fingerprint density at radius 2 is 2.18 bits per heavy atom. The highest BCUT2D eigenvalue weighted by molar-refractivity contribution is 5.97. The molecule has 3 N–H and O–H groups in total. The van der Waals surface area contributed by atoms with Gasteiger partial charge in [0.25, 0.3) is 5.91 Å². The van der Waals surface area contributed by atoms with E-state index < -0.39 is 0 Å². The first kappa shape index (κ1) is 11.3. The molecule has 17 heavy (non-hydrogen) atoms. The van der Waals surface area contributed by atoms with Crippen molar-refractivity contribution in [3.8, 4) is 0 Å². The second-order valence-electron chi connectivity index (χ2n) is 3.79. The molecule has 1 aromatic heterocycles. The molecule has 0 saturated carbocycles. The van der Waals surface area contributed by atoms with Gasteiger partial charge in [-0.05, 0) is 18.2 Å². The maximum atomic E-state index is 11.9. The largest absolute Gasteiger partial charge is 0.361 e. The van der Waals surface area contributed by atoms with Gasteiger partial charge in [0.2, 0.25) is 0 Å². The maximum absolute atomic E-state index is 11.9. The lowest BCUT2D eigenvalue weighted by molar-refractivity contribution is 0.0799. The van der Waals surface area contributed by atoms with Gasteiger partial charge in [-0.3, -0.25) is 9.59 Å². The molecule has 5 heteroatoms. The second kappa shape index (κ2) is 4.39. The van der Waals surface area contributed by atoms with Gasteiger partial charge in [-0.15, -0.1) is 0 Å². The van der Waals surface area contributed by atoms with E-state index >= 15 is 0 Å². The fraction of sp³-hybridized carbons (Fsp3) is 0.167. The summed E-state index contributed by atoms with van der Waals surface area (Å²) in [5, 5.41) is 0.503. The lowest BCUT2D eigenvalue weighted by Gasteiger charge is -2.14. The summed E-state index contributed by atoms with van der Waals surface area (Å²) in [6.45, 7) is 0.141. The summed E-state index contributed by atoms with van der Waals surface area (Å²) in [4.78, 5) is 27.8. The molecule has 0 aliphatic heterocycles. The van der Waals surface area contributed by atoms with Crippen LogP contribution in [0.3, 0.4) is 0 Å². The number of pyridine rings is 1. The molecule has 2 rings (SSSR count). The topological polar surface area (TPSA) is 79.2 Å². The molecular weight excluding hydrogens is 218 g/mol. The van der Waals surface area contributed by atoms with E-state index in [4.69, 9.17) is 5.73 Å². The Kier molecular flexibility index (Phi) is 2.93. The standard InChI is InChI=1S/C12H13N3O2/c1-15(7-13)12(17)8-2-3-10-9(6-8)11(16)4-5-14-10/h2-6H,7,13H2,1H3,(H,14,16). The van der Waals surface area contributed by atoms with Crippen LogP contribution in [0.1, 0.15) is 10.4 Å². The number of rotatable bonds is 2. The fourth-order valence-corrected chi connectivity index (χ4v) is 1.61. The van der Waals surface area contributed by atoms with Gasteiger partial charge in [-0.1, -0.05) is 0 Å². The zero-order chi connectivity index (χ0) is 12.4. The van der Waals surface area contributed by atoms with Crippen LogP contribution in [0, 0.1) is 0 Å². The van der Waals surface area contributed by atoms with Crippen molar-refractivity contribution in [3.05, 3.63) is 46.2 Å². The molecule has 0 radical (unpaired) electrons. The number of nitrogens with two attached hydrogens (primary N) is 1. The van der Waals surface area contributed by atoms with E-state index in [0.717, 1.165) is 0 Å². The molecule has 0 unspecified atom stereocenters. The molecule has 0 aliphatic rings. The van der Waals surface area contributed by atoms with Gasteiger partial charge in [0.1, 0.15) is 0 Å². The summed E-state index contributed by atoms with van der Waals surface area (Å²) in [6, 6.07) is 6.41. The zero-order valence-corrected chi connectivity index (χ0v) is 9.43. The molecule has 0 fully saturated rings. The van der Waals surface area contributed by atoms with Crippen LogP contribution in [-0.4, -0.2) is 29.5 Å². The average Bonchev–Trinajstić information content (AvgIpc) is 2.37. The number of nitrogens with zero attached hydrogens (tertiary/aromatic N) is 1. The monoisotopic (exact) mass is 231 g/mol. The molecule has 2 aromatic rings. The van der Waals surface area contributed by atoms with E-state index in [1.54, 1.807) is 31.4 Å². The molecule has 1 heterocycles. The number of amides is 1. The third-order valence-electron chi connectivity index (χ3n) is 2.63. The minimum absolute atomic E-state index is 0.108. The van der Waals surface area contributed by atoms with Crippen molar-refractivity contribution < 1.29 is 4.79 Å². The number of fused-ring (bicyclic) bond motifs is 1. The van der Waals surface area contributed by atoms with Gasteiger partial charge in [0, 0.05) is 35.8 Å². The lowest BCUT2D eigenvalue weighted by Crippen LogP contribution is -2.32. The van der Waals surface area contributed by atoms with E-state index in [1.807, 2.05) is 0 Å². The van der Waals surface area contributed by atoms with Gasteiger partial charge in [0.15, 0.2) is 5.43 Å². The van der Waals surface area contributed by atoms with Crippen LogP contribution in [0.2, 0.25) is 0 Å². The quantitative estimate of drug-likeness (QED) is 0.739. The smallest absolute Gasteiger partial charge is 0.254 e. The average molecular weight is 231 g/mol. The van der Waals surface area contributed by atoms with Crippen LogP contribution in [0.15, 0.2) is 35.3 Å². The Morgan fingerprint density at radius 3 is 2.88 bits per heavy atom. The summed E-state index contributed by atoms with van der Waals surface area (Å²) in [5.74, 6) is -0.197. The normalized spacial score (nSPS) is 10.5. The van der Waals surface area contributed by atoms with Gasteiger partial charge in [-0.25, -0.2) is 0 Å². The van der Waals surface area contributed by atoms with Crippen LogP contribution < -0.4 is 11.2 Å². The summed E-state index contributed by atoms with van der Waals surface area (Å²) >= 11 is 0. The number of hydrogen-bond donors (Lipinski definition) is 2. The molecule has 5 nitrogen and oxygen atoms in total. The van der Waals surface area contributed by atoms with Gasteiger partial charge < -0.3 is 15.6 Å². The molecule has 0 aliphatic carbocycles. The minimum atomic E-state index is -0.197. The molecule has 0 bridgehead atoms. The molecule has 1 aromatic carbocycles. The second-order valence-corrected chi connectivity index (χ2v) is 3.79. The Bertz CT molecular complexity index is 618. The van der Waals surface area contributed by atoms with Gasteiger partial charge in [0.05, 0.1) is 6.67 Å². The molecule has 88 valence electrons. The van der Waals surface area contributed by atoms with Crippen LogP contribution in [0.4, 0.5) is 0 Å². The van der Waals surface area contributed by atoms with Crippen molar-refractivity contribution in [2.24, 2.45) is 5.73 Å². The highest BCUT2D eigenvalue weighted by Gasteiger charge is 2.11. The van der Waals surface area contributed by atoms with E-state index in [-0.39, 0.29) is 18.0 Å². The van der Waals surface area contributed by atoms with Gasteiger partial charge >= 0.3 is 0 Å². The zero-order valence-electron chi connectivity index (χ0n) is 9.43. The first-order valence-corrected chi connectivity index (χ1v) is 5.20. The van der Waals surface area contributed by atoms with E-state index in [0.29, 0.717) is 16.5 Å². The number of aromatic amines is 1. The van der Waals surface area contributed by atoms with E-state index in [2.05, 4.69) is 4.98 Å². The highest BCUT2D eigenvalue weighted by atomic mass is 16.2. The number of benzene rings is 1. The van der Waals surface area contributed by atoms with Crippen LogP contribution in [0.5, 0.6) is 0 Å². The van der Waals surface area contributed by atoms with Crippen LogP contribution in [0.25, 0.3) is 10.9 Å². The molecule has 1 amide bonds. The highest BCUT2D eigenvalue weighted by Crippen LogP contribution is 2.11. The number of H-pyrrole nitrogens is 1. The molecule has 0 spiro atoms. The van der Waals surface area contributed by atoms with E-state index in [9.17, 15) is 9.59 Å². The SMILES string of the molecule is CN(CN)C(=O)c1ccc2[nH]ccc(=O)c2c1. The van der Waals surface area contributed by atoms with E-state index in [1.165, 1.54) is 11.0 Å². The maximum Gasteiger partial charge on any atom is 0.254 e. The Balaban J connectivity index is 2.55. The number of hydrogen-bond acceptors (Lipinski definition) is 3. The van der Waals surface area contributed by atoms with Crippen LogP contribution in [-0.2, 0) is 0 Å². The summed E-state index contributed by atoms with van der Waals surface area (Å²) in [5.41, 5.74) is 6.46. The van der Waals surface area contributed by atoms with Crippen molar-refractivity contribution in [3.63, 3.8) is 0 Å². The number of aromatic nitrogens is 1. The molecule has 0 saturated heterocycles. The number of carbonyl (C=O) groups is 1. The van der Waals surface area contributed by atoms with Crippen molar-refractivity contribution in [1.29, 1.82) is 0 Å². The lowest BCUT2D eigenvalue weighted by atomic mass is 10.1. The molecular formula is C12H13N3O2. The first-order valence-electron chi connectivity index (χ1n) is 5.20. The van der Waals surface area contributed by atoms with Crippen LogP contribution >= 0.6 is 0 Å². The summed E-state index contributed by atoms with van der Waals surface area (Å²) < 4.78 is 0. The van der Waals surface area contributed by atoms with Crippen molar-refractivity contribution in [1.82, 2.24) is 9.88 Å². The minimum Gasteiger partial charge on any atom is -0.361 e. The predicted molar refractivity (Wildman–Crippen MR) is 65.7 cm³/mol. The summed E-state index contributed by atoms with van der Waals surface area (Å²) in [7, 11) is 1.61.